The Morgan fingerprint density at radius 1 is 1.07 bits per heavy atom. The summed E-state index contributed by atoms with van der Waals surface area (Å²) >= 11 is 0. The molecule has 28 heavy (non-hydrogen) atoms. The van der Waals surface area contributed by atoms with Crippen LogP contribution >= 0.6 is 0 Å². The van der Waals surface area contributed by atoms with E-state index in [9.17, 15) is 19.2 Å². The zero-order valence-electron chi connectivity index (χ0n) is 15.7. The van der Waals surface area contributed by atoms with E-state index >= 15 is 0 Å². The number of benzene rings is 1. The Kier molecular flexibility index (Phi) is 4.66. The van der Waals surface area contributed by atoms with Gasteiger partial charge in [-0.05, 0) is 12.1 Å². The smallest absolute Gasteiger partial charge is 0.306 e. The molecule has 8 heteroatoms. The molecule has 3 heterocycles. The minimum absolute atomic E-state index is 0.0383. The zero-order valence-corrected chi connectivity index (χ0v) is 15.7. The first-order valence-electron chi connectivity index (χ1n) is 9.42. The first-order valence-corrected chi connectivity index (χ1v) is 9.42. The van der Waals surface area contributed by atoms with Crippen LogP contribution in [0.1, 0.15) is 19.8 Å². The van der Waals surface area contributed by atoms with Crippen molar-refractivity contribution in [2.45, 2.75) is 38.1 Å². The number of nitrogens with zero attached hydrogens (tertiary/aromatic N) is 1. The molecule has 1 aromatic rings. The van der Waals surface area contributed by atoms with E-state index in [0.717, 1.165) is 0 Å². The summed E-state index contributed by atoms with van der Waals surface area (Å²) in [5.41, 5.74) is 0.540. The van der Waals surface area contributed by atoms with Gasteiger partial charge in [-0.1, -0.05) is 25.1 Å². The highest BCUT2D eigenvalue weighted by Crippen LogP contribution is 2.52. The van der Waals surface area contributed by atoms with Gasteiger partial charge in [0.25, 0.3) is 0 Å². The molecule has 8 nitrogen and oxygen atoms in total. The van der Waals surface area contributed by atoms with E-state index < -0.39 is 36.1 Å². The number of anilines is 1. The SMILES string of the molecule is CNC(=O)CCC(=O)OC1C(C)C2OC1C1C(=O)N(c3ccccc3)C(=O)C21. The summed E-state index contributed by atoms with van der Waals surface area (Å²) in [6.45, 7) is 1.86. The number of rotatable bonds is 5. The van der Waals surface area contributed by atoms with E-state index in [-0.39, 0.29) is 36.5 Å². The minimum Gasteiger partial charge on any atom is -0.459 e. The maximum Gasteiger partial charge on any atom is 0.306 e. The monoisotopic (exact) mass is 386 g/mol. The highest BCUT2D eigenvalue weighted by molar-refractivity contribution is 6.22. The molecule has 0 radical (unpaired) electrons. The van der Waals surface area contributed by atoms with Crippen molar-refractivity contribution in [2.75, 3.05) is 11.9 Å². The minimum atomic E-state index is -0.648. The average Bonchev–Trinajstić information content (AvgIpc) is 3.31. The first-order chi connectivity index (χ1) is 13.4. The fourth-order valence-electron chi connectivity index (χ4n) is 4.53. The molecule has 1 aromatic carbocycles. The third-order valence-corrected chi connectivity index (χ3v) is 5.90. The maximum atomic E-state index is 13.0. The number of ether oxygens (including phenoxy) is 2. The van der Waals surface area contributed by atoms with Gasteiger partial charge in [0, 0.05) is 19.4 Å². The zero-order chi connectivity index (χ0) is 20.0. The number of amides is 3. The Morgan fingerprint density at radius 2 is 1.71 bits per heavy atom. The van der Waals surface area contributed by atoms with E-state index in [4.69, 9.17) is 9.47 Å². The van der Waals surface area contributed by atoms with Gasteiger partial charge in [-0.3, -0.25) is 19.2 Å². The van der Waals surface area contributed by atoms with Crippen LogP contribution in [0.3, 0.4) is 0 Å². The van der Waals surface area contributed by atoms with Crippen LogP contribution in [0.2, 0.25) is 0 Å². The second-order valence-corrected chi connectivity index (χ2v) is 7.45. The van der Waals surface area contributed by atoms with Gasteiger partial charge in [-0.2, -0.15) is 0 Å². The van der Waals surface area contributed by atoms with Crippen LogP contribution < -0.4 is 10.2 Å². The average molecular weight is 386 g/mol. The largest absolute Gasteiger partial charge is 0.459 e. The predicted octanol–water partition coefficient (Wildman–Crippen LogP) is 0.647. The van der Waals surface area contributed by atoms with Crippen LogP contribution in [0.4, 0.5) is 5.69 Å². The molecule has 3 amide bonds. The highest BCUT2D eigenvalue weighted by atomic mass is 16.6. The highest BCUT2D eigenvalue weighted by Gasteiger charge is 2.69. The van der Waals surface area contributed by atoms with Crippen molar-refractivity contribution >= 4 is 29.4 Å². The Bertz CT molecular complexity index is 825. The molecule has 1 N–H and O–H groups in total. The molecule has 148 valence electrons. The number of nitrogens with one attached hydrogen (secondary N) is 1. The van der Waals surface area contributed by atoms with Gasteiger partial charge in [0.15, 0.2) is 0 Å². The first kappa shape index (κ1) is 18.6. The van der Waals surface area contributed by atoms with E-state index in [1.54, 1.807) is 24.3 Å². The number of carbonyl (C=O) groups is 4. The van der Waals surface area contributed by atoms with Crippen LogP contribution in [0, 0.1) is 17.8 Å². The van der Waals surface area contributed by atoms with Crippen molar-refractivity contribution in [1.82, 2.24) is 5.32 Å². The molecule has 0 aromatic heterocycles. The van der Waals surface area contributed by atoms with Gasteiger partial charge in [0.05, 0.1) is 30.0 Å². The van der Waals surface area contributed by atoms with E-state index in [2.05, 4.69) is 5.32 Å². The van der Waals surface area contributed by atoms with E-state index in [0.29, 0.717) is 5.69 Å². The Morgan fingerprint density at radius 3 is 2.36 bits per heavy atom. The van der Waals surface area contributed by atoms with Gasteiger partial charge in [-0.15, -0.1) is 0 Å². The number of esters is 1. The molecule has 0 aliphatic carbocycles. The van der Waals surface area contributed by atoms with Crippen molar-refractivity contribution in [3.05, 3.63) is 30.3 Å². The number of carbonyl (C=O) groups excluding carboxylic acids is 4. The van der Waals surface area contributed by atoms with E-state index in [1.807, 2.05) is 13.0 Å². The van der Waals surface area contributed by atoms with Crippen LogP contribution in [0.25, 0.3) is 0 Å². The summed E-state index contributed by atoms with van der Waals surface area (Å²) in [7, 11) is 1.50. The molecule has 0 saturated carbocycles. The summed E-state index contributed by atoms with van der Waals surface area (Å²) in [6, 6.07) is 8.81. The molecular formula is C20H22N2O6. The molecule has 6 atom stereocenters. The number of hydrogen-bond donors (Lipinski definition) is 1. The third-order valence-electron chi connectivity index (χ3n) is 5.90. The van der Waals surface area contributed by atoms with Gasteiger partial charge >= 0.3 is 5.97 Å². The predicted molar refractivity (Wildman–Crippen MR) is 96.9 cm³/mol. The van der Waals surface area contributed by atoms with Crippen molar-refractivity contribution in [3.8, 4) is 0 Å². The van der Waals surface area contributed by atoms with Crippen molar-refractivity contribution in [1.29, 1.82) is 0 Å². The lowest BCUT2D eigenvalue weighted by Crippen LogP contribution is -2.45. The third kappa shape index (κ3) is 2.79. The Labute approximate surface area is 162 Å². The second-order valence-electron chi connectivity index (χ2n) is 7.45. The molecular weight excluding hydrogens is 364 g/mol. The molecule has 6 unspecified atom stereocenters. The normalized spacial score (nSPS) is 33.1. The number of para-hydroxylation sites is 1. The topological polar surface area (TPSA) is 102 Å². The Hall–Kier alpha value is -2.74. The van der Waals surface area contributed by atoms with Crippen LogP contribution in [-0.2, 0) is 28.7 Å². The fraction of sp³-hybridized carbons (Fsp3) is 0.500. The number of fused-ring (bicyclic) bond motifs is 5. The second kappa shape index (κ2) is 7.01. The fourth-order valence-corrected chi connectivity index (χ4v) is 4.53. The summed E-state index contributed by atoms with van der Waals surface area (Å²) in [5, 5.41) is 2.45. The van der Waals surface area contributed by atoms with Gasteiger partial charge in [0.1, 0.15) is 12.2 Å². The number of hydrogen-bond acceptors (Lipinski definition) is 6. The van der Waals surface area contributed by atoms with Gasteiger partial charge < -0.3 is 14.8 Å². The summed E-state index contributed by atoms with van der Waals surface area (Å²) in [6.07, 6.45) is -1.71. The lowest BCUT2D eigenvalue weighted by Gasteiger charge is -2.29. The van der Waals surface area contributed by atoms with Gasteiger partial charge in [-0.25, -0.2) is 4.90 Å². The lowest BCUT2D eigenvalue weighted by atomic mass is 9.74. The number of imide groups is 1. The quantitative estimate of drug-likeness (QED) is 0.589. The summed E-state index contributed by atoms with van der Waals surface area (Å²) < 4.78 is 11.5. The molecule has 3 saturated heterocycles. The van der Waals surface area contributed by atoms with Crippen molar-refractivity contribution in [3.63, 3.8) is 0 Å². The summed E-state index contributed by atoms with van der Waals surface area (Å²) in [4.78, 5) is 50.6. The van der Waals surface area contributed by atoms with E-state index in [1.165, 1.54) is 11.9 Å². The van der Waals surface area contributed by atoms with Crippen molar-refractivity contribution < 1.29 is 28.7 Å². The molecule has 3 aliphatic rings. The van der Waals surface area contributed by atoms with Crippen LogP contribution in [-0.4, -0.2) is 49.1 Å². The van der Waals surface area contributed by atoms with Crippen molar-refractivity contribution in [2.24, 2.45) is 17.8 Å². The Balaban J connectivity index is 1.50. The lowest BCUT2D eigenvalue weighted by molar-refractivity contribution is -0.156. The molecule has 3 aliphatic heterocycles. The molecule has 2 bridgehead atoms. The van der Waals surface area contributed by atoms with Gasteiger partial charge in [0.2, 0.25) is 17.7 Å². The maximum absolute atomic E-state index is 13.0. The molecule has 4 rings (SSSR count). The van der Waals surface area contributed by atoms with Crippen LogP contribution in [0.15, 0.2) is 30.3 Å². The standard InChI is InChI=1S/C20H22N2O6/c1-10-16-14-15(20(26)22(19(14)25)11-6-4-3-5-7-11)18(28-16)17(10)27-13(24)9-8-12(23)21-2/h3-7,10,14-18H,8-9H2,1-2H3,(H,21,23). The summed E-state index contributed by atoms with van der Waals surface area (Å²) in [5.74, 6) is -2.73. The molecule has 0 spiro atoms. The van der Waals surface area contributed by atoms with Crippen LogP contribution in [0.5, 0.6) is 0 Å². The molecule has 3 fully saturated rings.